The number of carboxylic acids is 1. The summed E-state index contributed by atoms with van der Waals surface area (Å²) in [7, 11) is 0. The zero-order chi connectivity index (χ0) is 13.8. The molecule has 0 bridgehead atoms. The molecule has 0 aromatic heterocycles. The Labute approximate surface area is 112 Å². The standard InChI is InChI=1S/C16H18O3/c1-11(2)9-10-19-14-8-7-12-5-3-4-6-13(12)15(14)16(17)18/h3-8,11H,9-10H2,1-2H3,(H,17,18). The average Bonchev–Trinajstić information content (AvgIpc) is 2.37. The molecule has 2 aromatic rings. The van der Waals surface area contributed by atoms with E-state index < -0.39 is 5.97 Å². The number of benzene rings is 2. The minimum atomic E-state index is -0.948. The van der Waals surface area contributed by atoms with E-state index in [1.807, 2.05) is 30.3 Å². The van der Waals surface area contributed by atoms with Crippen LogP contribution in [-0.4, -0.2) is 17.7 Å². The van der Waals surface area contributed by atoms with Crippen LogP contribution in [0, 0.1) is 5.92 Å². The van der Waals surface area contributed by atoms with E-state index in [0.717, 1.165) is 17.2 Å². The third-order valence-electron chi connectivity index (χ3n) is 3.06. The van der Waals surface area contributed by atoms with E-state index in [1.165, 1.54) is 0 Å². The van der Waals surface area contributed by atoms with Gasteiger partial charge in [-0.25, -0.2) is 4.79 Å². The van der Waals surface area contributed by atoms with Crippen LogP contribution in [0.25, 0.3) is 10.8 Å². The largest absolute Gasteiger partial charge is 0.493 e. The molecule has 0 aliphatic heterocycles. The van der Waals surface area contributed by atoms with Crippen molar-refractivity contribution >= 4 is 16.7 Å². The van der Waals surface area contributed by atoms with Crippen molar-refractivity contribution in [3.8, 4) is 5.75 Å². The van der Waals surface area contributed by atoms with Crippen LogP contribution in [0.3, 0.4) is 0 Å². The van der Waals surface area contributed by atoms with Gasteiger partial charge in [0.05, 0.1) is 6.61 Å². The molecule has 100 valence electrons. The molecule has 0 aliphatic carbocycles. The molecule has 0 aliphatic rings. The predicted molar refractivity (Wildman–Crippen MR) is 75.9 cm³/mol. The summed E-state index contributed by atoms with van der Waals surface area (Å²) in [5.41, 5.74) is 0.252. The lowest BCUT2D eigenvalue weighted by Crippen LogP contribution is -2.07. The van der Waals surface area contributed by atoms with E-state index in [0.29, 0.717) is 18.3 Å². The third kappa shape index (κ3) is 3.05. The minimum absolute atomic E-state index is 0.252. The number of hydrogen-bond acceptors (Lipinski definition) is 2. The summed E-state index contributed by atoms with van der Waals surface area (Å²) in [6.07, 6.45) is 0.909. The Bertz CT molecular complexity index is 588. The number of aromatic carboxylic acids is 1. The molecular formula is C16H18O3. The molecule has 0 saturated heterocycles. The van der Waals surface area contributed by atoms with Gasteiger partial charge in [0.1, 0.15) is 11.3 Å². The fraction of sp³-hybridized carbons (Fsp3) is 0.312. The Kier molecular flexibility index (Phi) is 4.05. The van der Waals surface area contributed by atoms with Crippen molar-refractivity contribution in [1.29, 1.82) is 0 Å². The maximum absolute atomic E-state index is 11.5. The molecule has 0 fully saturated rings. The lowest BCUT2D eigenvalue weighted by atomic mass is 10.0. The van der Waals surface area contributed by atoms with E-state index in [-0.39, 0.29) is 5.56 Å². The normalized spacial score (nSPS) is 10.9. The van der Waals surface area contributed by atoms with Gasteiger partial charge in [0.25, 0.3) is 0 Å². The molecule has 0 atom stereocenters. The van der Waals surface area contributed by atoms with Crippen LogP contribution >= 0.6 is 0 Å². The van der Waals surface area contributed by atoms with Crippen molar-refractivity contribution < 1.29 is 14.6 Å². The summed E-state index contributed by atoms with van der Waals surface area (Å²) in [4.78, 5) is 11.5. The lowest BCUT2D eigenvalue weighted by Gasteiger charge is -2.12. The van der Waals surface area contributed by atoms with Crippen molar-refractivity contribution in [2.75, 3.05) is 6.61 Å². The highest BCUT2D eigenvalue weighted by Gasteiger charge is 2.15. The highest BCUT2D eigenvalue weighted by molar-refractivity contribution is 6.06. The maximum Gasteiger partial charge on any atom is 0.340 e. The maximum atomic E-state index is 11.5. The van der Waals surface area contributed by atoms with Crippen LogP contribution in [-0.2, 0) is 0 Å². The SMILES string of the molecule is CC(C)CCOc1ccc2ccccc2c1C(=O)O. The van der Waals surface area contributed by atoms with E-state index in [4.69, 9.17) is 4.74 Å². The first-order valence-corrected chi connectivity index (χ1v) is 6.47. The molecule has 19 heavy (non-hydrogen) atoms. The van der Waals surface area contributed by atoms with Crippen LogP contribution in [0.1, 0.15) is 30.6 Å². The van der Waals surface area contributed by atoms with Gasteiger partial charge in [0.2, 0.25) is 0 Å². The molecular weight excluding hydrogens is 240 g/mol. The summed E-state index contributed by atoms with van der Waals surface area (Å²) in [5, 5.41) is 11.0. The second kappa shape index (κ2) is 5.74. The second-order valence-electron chi connectivity index (χ2n) is 5.00. The average molecular weight is 258 g/mol. The number of fused-ring (bicyclic) bond motifs is 1. The van der Waals surface area contributed by atoms with Crippen LogP contribution in [0.5, 0.6) is 5.75 Å². The Morgan fingerprint density at radius 3 is 2.63 bits per heavy atom. The Morgan fingerprint density at radius 1 is 1.21 bits per heavy atom. The van der Waals surface area contributed by atoms with Crippen LogP contribution in [0.2, 0.25) is 0 Å². The van der Waals surface area contributed by atoms with Crippen molar-refractivity contribution in [3.05, 3.63) is 42.0 Å². The van der Waals surface area contributed by atoms with Crippen LogP contribution < -0.4 is 4.74 Å². The molecule has 0 amide bonds. The van der Waals surface area contributed by atoms with Crippen molar-refractivity contribution in [2.45, 2.75) is 20.3 Å². The van der Waals surface area contributed by atoms with Gasteiger partial charge >= 0.3 is 5.97 Å². The number of hydrogen-bond donors (Lipinski definition) is 1. The van der Waals surface area contributed by atoms with E-state index >= 15 is 0 Å². The first kappa shape index (κ1) is 13.4. The van der Waals surface area contributed by atoms with Crippen molar-refractivity contribution in [3.63, 3.8) is 0 Å². The van der Waals surface area contributed by atoms with Gasteiger partial charge in [-0.05, 0) is 29.2 Å². The quantitative estimate of drug-likeness (QED) is 0.882. The number of ether oxygens (including phenoxy) is 1. The predicted octanol–water partition coefficient (Wildman–Crippen LogP) is 3.96. The number of carbonyl (C=O) groups is 1. The van der Waals surface area contributed by atoms with Gasteiger partial charge in [0.15, 0.2) is 0 Å². The summed E-state index contributed by atoms with van der Waals surface area (Å²) in [6.45, 7) is 4.76. The minimum Gasteiger partial charge on any atom is -0.493 e. The Morgan fingerprint density at radius 2 is 1.95 bits per heavy atom. The first-order valence-electron chi connectivity index (χ1n) is 6.47. The molecule has 0 radical (unpaired) electrons. The summed E-state index contributed by atoms with van der Waals surface area (Å²) < 4.78 is 5.64. The Hall–Kier alpha value is -2.03. The third-order valence-corrected chi connectivity index (χ3v) is 3.06. The van der Waals surface area contributed by atoms with Gasteiger partial charge in [-0.1, -0.05) is 44.2 Å². The lowest BCUT2D eigenvalue weighted by molar-refractivity contribution is 0.0694. The first-order chi connectivity index (χ1) is 9.09. The molecule has 3 heteroatoms. The van der Waals surface area contributed by atoms with Gasteiger partial charge in [-0.2, -0.15) is 0 Å². The van der Waals surface area contributed by atoms with Crippen LogP contribution in [0.4, 0.5) is 0 Å². The highest BCUT2D eigenvalue weighted by Crippen LogP contribution is 2.28. The van der Waals surface area contributed by atoms with Gasteiger partial charge in [-0.3, -0.25) is 0 Å². The van der Waals surface area contributed by atoms with Crippen molar-refractivity contribution in [1.82, 2.24) is 0 Å². The fourth-order valence-corrected chi connectivity index (χ4v) is 2.00. The molecule has 0 saturated carbocycles. The molecule has 2 rings (SSSR count). The van der Waals surface area contributed by atoms with Gasteiger partial charge in [0, 0.05) is 0 Å². The molecule has 0 spiro atoms. The number of carboxylic acid groups (broad SMARTS) is 1. The summed E-state index contributed by atoms with van der Waals surface area (Å²) in [6, 6.07) is 11.1. The van der Waals surface area contributed by atoms with Crippen LogP contribution in [0.15, 0.2) is 36.4 Å². The van der Waals surface area contributed by atoms with E-state index in [2.05, 4.69) is 13.8 Å². The molecule has 0 unspecified atom stereocenters. The Balaban J connectivity index is 2.37. The molecule has 0 heterocycles. The topological polar surface area (TPSA) is 46.5 Å². The zero-order valence-corrected chi connectivity index (χ0v) is 11.2. The second-order valence-corrected chi connectivity index (χ2v) is 5.00. The monoisotopic (exact) mass is 258 g/mol. The fourth-order valence-electron chi connectivity index (χ4n) is 2.00. The summed E-state index contributed by atoms with van der Waals surface area (Å²) in [5.74, 6) is 0.0388. The molecule has 1 N–H and O–H groups in total. The van der Waals surface area contributed by atoms with E-state index in [1.54, 1.807) is 6.07 Å². The van der Waals surface area contributed by atoms with Gasteiger partial charge < -0.3 is 9.84 Å². The molecule has 3 nitrogen and oxygen atoms in total. The highest BCUT2D eigenvalue weighted by atomic mass is 16.5. The molecule has 2 aromatic carbocycles. The van der Waals surface area contributed by atoms with Gasteiger partial charge in [-0.15, -0.1) is 0 Å². The summed E-state index contributed by atoms with van der Waals surface area (Å²) >= 11 is 0. The zero-order valence-electron chi connectivity index (χ0n) is 11.2. The number of rotatable bonds is 5. The van der Waals surface area contributed by atoms with Crippen molar-refractivity contribution in [2.24, 2.45) is 5.92 Å². The van der Waals surface area contributed by atoms with E-state index in [9.17, 15) is 9.90 Å². The smallest absolute Gasteiger partial charge is 0.340 e.